The van der Waals surface area contributed by atoms with Crippen LogP contribution in [0.2, 0.25) is 0 Å². The van der Waals surface area contributed by atoms with Gasteiger partial charge in [0.2, 0.25) is 11.5 Å². The van der Waals surface area contributed by atoms with Gasteiger partial charge in [-0.3, -0.25) is 0 Å². The number of phenolic OH excluding ortho intramolecular Hbond substituents is 4. The number of allylic oxidation sites excluding steroid dienone is 2. The third kappa shape index (κ3) is 5.44. The third-order valence-corrected chi connectivity index (χ3v) is 11.7. The predicted octanol–water partition coefficient (Wildman–Crippen LogP) is 11.1. The van der Waals surface area contributed by atoms with Crippen LogP contribution in [0.15, 0.2) is 164 Å². The second-order valence-electron chi connectivity index (χ2n) is 14.7. The first-order valence-electron chi connectivity index (χ1n) is 19.0. The van der Waals surface area contributed by atoms with E-state index in [1.165, 1.54) is 45.0 Å². The Morgan fingerprint density at radius 1 is 0.491 bits per heavy atom. The van der Waals surface area contributed by atoms with Gasteiger partial charge in [0.1, 0.15) is 0 Å². The Balaban J connectivity index is 0.00000208. The third-order valence-electron chi connectivity index (χ3n) is 11.7. The van der Waals surface area contributed by atoms with Gasteiger partial charge in [0, 0.05) is 24.0 Å². The number of hydrogen-bond acceptors (Lipinski definition) is 6. The van der Waals surface area contributed by atoms with Gasteiger partial charge in [-0.15, -0.1) is 0 Å². The molecule has 0 aliphatic heterocycles. The van der Waals surface area contributed by atoms with E-state index in [4.69, 9.17) is 5.11 Å². The first kappa shape index (κ1) is 35.7. The van der Waals surface area contributed by atoms with Gasteiger partial charge >= 0.3 is 0 Å². The molecule has 0 bridgehead atoms. The summed E-state index contributed by atoms with van der Waals surface area (Å²) >= 11 is 0. The molecule has 5 N–H and O–H groups in total. The highest BCUT2D eigenvalue weighted by Gasteiger charge is 2.52. The summed E-state index contributed by atoms with van der Waals surface area (Å²) in [5, 5.41) is 49.2. The molecule has 0 heterocycles. The molecule has 10 rings (SSSR count). The molecular formula is C51H41NO5. The van der Waals surface area contributed by atoms with Gasteiger partial charge in [-0.1, -0.05) is 133 Å². The summed E-state index contributed by atoms with van der Waals surface area (Å²) in [6.07, 6.45) is 9.60. The number of nitrogens with zero attached hydrogens (tertiary/aromatic N) is 1. The molecule has 3 aliphatic rings. The number of aliphatic hydroxyl groups is 1. The highest BCUT2D eigenvalue weighted by molar-refractivity contribution is 5.97. The van der Waals surface area contributed by atoms with Gasteiger partial charge in [-0.2, -0.15) is 0 Å². The molecule has 57 heavy (non-hydrogen) atoms. The van der Waals surface area contributed by atoms with Gasteiger partial charge in [0.15, 0.2) is 11.5 Å². The summed E-state index contributed by atoms with van der Waals surface area (Å²) in [4.78, 5) is 2.44. The largest absolute Gasteiger partial charge is 0.504 e. The summed E-state index contributed by atoms with van der Waals surface area (Å²) in [6, 6.07) is 49.0. The molecule has 1 spiro atoms. The quantitative estimate of drug-likeness (QED) is 0.0887. The molecule has 1 atom stereocenters. The number of aliphatic hydroxyl groups excluding tert-OH is 1. The normalized spacial score (nSPS) is 15.0. The minimum atomic E-state index is -0.756. The molecule has 0 saturated heterocycles. The lowest BCUT2D eigenvalue weighted by Crippen LogP contribution is -2.31. The monoisotopic (exact) mass is 747 g/mol. The standard InChI is InChI=1S/C50H37NO4.CH4O/c1-30-15-17-31(18-16-30)32-19-22-35(23-20-32)51(34-9-3-2-4-10-34)36-24-26-40-39-25-21-33(41-29-46(52)48(54)49(55)47(41)53)27-44(39)50(45(40)28-36)42-13-7-5-11-37(42)38-12-6-8-14-43(38)50;1-2/h2-9,11-29,34,52-55H,10H2,1H3;2H,1H3. The summed E-state index contributed by atoms with van der Waals surface area (Å²) < 4.78 is 0. The second-order valence-corrected chi connectivity index (χ2v) is 14.7. The number of anilines is 2. The van der Waals surface area contributed by atoms with Crippen molar-refractivity contribution in [2.75, 3.05) is 12.0 Å². The number of hydrogen-bond donors (Lipinski definition) is 5. The van der Waals surface area contributed by atoms with E-state index in [-0.39, 0.29) is 11.6 Å². The van der Waals surface area contributed by atoms with Crippen LogP contribution < -0.4 is 4.90 Å². The van der Waals surface area contributed by atoms with Gasteiger partial charge in [-0.05, 0) is 111 Å². The molecule has 6 nitrogen and oxygen atoms in total. The second kappa shape index (κ2) is 13.9. The van der Waals surface area contributed by atoms with Crippen LogP contribution in [0.5, 0.6) is 23.0 Å². The van der Waals surface area contributed by atoms with Crippen molar-refractivity contribution >= 4 is 11.4 Å². The van der Waals surface area contributed by atoms with E-state index in [1.807, 2.05) is 6.07 Å². The smallest absolute Gasteiger partial charge is 0.204 e. The lowest BCUT2D eigenvalue weighted by atomic mass is 9.70. The number of aromatic hydroxyl groups is 4. The molecule has 3 aliphatic carbocycles. The fourth-order valence-corrected chi connectivity index (χ4v) is 9.15. The number of fused-ring (bicyclic) bond motifs is 10. The maximum Gasteiger partial charge on any atom is 0.204 e. The summed E-state index contributed by atoms with van der Waals surface area (Å²) in [7, 11) is 1.00. The lowest BCUT2D eigenvalue weighted by Gasteiger charge is -2.35. The molecule has 0 aromatic heterocycles. The molecule has 7 aromatic rings. The van der Waals surface area contributed by atoms with E-state index in [0.717, 1.165) is 47.2 Å². The summed E-state index contributed by atoms with van der Waals surface area (Å²) in [6.45, 7) is 2.11. The fraction of sp³-hybridized carbons (Fsp3) is 0.0980. The SMILES string of the molecule is CO.Cc1ccc(-c2ccc(N(c3ccc4c(c3)C3(c5ccccc5-c5ccccc53)c3cc(-c5cc(O)c(O)c(O)c5O)ccc3-4)C3C=CC=CC3)cc2)cc1. The summed E-state index contributed by atoms with van der Waals surface area (Å²) in [5.74, 6) is -2.51. The van der Waals surface area contributed by atoms with Crippen molar-refractivity contribution in [1.82, 2.24) is 0 Å². The van der Waals surface area contributed by atoms with Crippen LogP contribution in [0.4, 0.5) is 11.4 Å². The van der Waals surface area contributed by atoms with Crippen LogP contribution in [0.1, 0.15) is 34.2 Å². The molecule has 1 unspecified atom stereocenters. The minimum absolute atomic E-state index is 0.0978. The maximum atomic E-state index is 11.0. The predicted molar refractivity (Wildman–Crippen MR) is 228 cm³/mol. The van der Waals surface area contributed by atoms with Crippen LogP contribution >= 0.6 is 0 Å². The first-order chi connectivity index (χ1) is 27.8. The first-order valence-corrected chi connectivity index (χ1v) is 19.0. The Labute approximate surface area is 331 Å². The van der Waals surface area contributed by atoms with Crippen molar-refractivity contribution in [1.29, 1.82) is 0 Å². The Morgan fingerprint density at radius 2 is 1.04 bits per heavy atom. The van der Waals surface area contributed by atoms with Gasteiger partial charge in [0.25, 0.3) is 0 Å². The molecule has 6 heteroatoms. The Morgan fingerprint density at radius 3 is 1.67 bits per heavy atom. The van der Waals surface area contributed by atoms with Crippen molar-refractivity contribution in [2.24, 2.45) is 0 Å². The van der Waals surface area contributed by atoms with Gasteiger partial charge in [0.05, 0.1) is 11.5 Å². The minimum Gasteiger partial charge on any atom is -0.504 e. The molecule has 0 saturated carbocycles. The van der Waals surface area contributed by atoms with Crippen molar-refractivity contribution in [3.8, 4) is 67.5 Å². The molecule has 0 amide bonds. The number of aryl methyl sites for hydroxylation is 1. The Hall–Kier alpha value is -7.02. The molecular weight excluding hydrogens is 707 g/mol. The van der Waals surface area contributed by atoms with Crippen molar-refractivity contribution in [3.05, 3.63) is 192 Å². The average molecular weight is 748 g/mol. The van der Waals surface area contributed by atoms with Gasteiger partial charge < -0.3 is 30.4 Å². The fourth-order valence-electron chi connectivity index (χ4n) is 9.15. The van der Waals surface area contributed by atoms with Crippen LogP contribution in [0, 0.1) is 6.92 Å². The average Bonchev–Trinajstić information content (AvgIpc) is 3.72. The topological polar surface area (TPSA) is 104 Å². The zero-order valence-corrected chi connectivity index (χ0v) is 31.6. The highest BCUT2D eigenvalue weighted by Crippen LogP contribution is 2.64. The molecule has 0 radical (unpaired) electrons. The number of benzene rings is 7. The molecule has 280 valence electrons. The van der Waals surface area contributed by atoms with Crippen molar-refractivity contribution in [2.45, 2.75) is 24.8 Å². The number of rotatable bonds is 5. The maximum absolute atomic E-state index is 11.0. The van der Waals surface area contributed by atoms with Gasteiger partial charge in [-0.25, -0.2) is 0 Å². The highest BCUT2D eigenvalue weighted by atomic mass is 16.3. The summed E-state index contributed by atoms with van der Waals surface area (Å²) in [5.41, 5.74) is 14.9. The zero-order chi connectivity index (χ0) is 39.4. The van der Waals surface area contributed by atoms with E-state index < -0.39 is 28.4 Å². The van der Waals surface area contributed by atoms with E-state index in [0.29, 0.717) is 5.56 Å². The van der Waals surface area contributed by atoms with Crippen molar-refractivity contribution in [3.63, 3.8) is 0 Å². The number of phenols is 4. The van der Waals surface area contributed by atoms with E-state index in [1.54, 1.807) is 0 Å². The zero-order valence-electron chi connectivity index (χ0n) is 31.6. The molecule has 0 fully saturated rings. The van der Waals surface area contributed by atoms with Crippen LogP contribution in [0.3, 0.4) is 0 Å². The Bertz CT molecular complexity index is 2700. The van der Waals surface area contributed by atoms with E-state index >= 15 is 0 Å². The van der Waals surface area contributed by atoms with Crippen molar-refractivity contribution < 1.29 is 25.5 Å². The van der Waals surface area contributed by atoms with E-state index in [9.17, 15) is 20.4 Å². The van der Waals surface area contributed by atoms with Crippen LogP contribution in [-0.2, 0) is 5.41 Å². The van der Waals surface area contributed by atoms with E-state index in [2.05, 4.69) is 164 Å². The molecule has 7 aromatic carbocycles. The van der Waals surface area contributed by atoms with Crippen LogP contribution in [-0.4, -0.2) is 38.7 Å². The van der Waals surface area contributed by atoms with Crippen LogP contribution in [0.25, 0.3) is 44.5 Å². The lowest BCUT2D eigenvalue weighted by molar-refractivity contribution is 0.347. The Kier molecular flexibility index (Phi) is 8.71.